The van der Waals surface area contributed by atoms with E-state index in [0.717, 1.165) is 12.1 Å². The quantitative estimate of drug-likeness (QED) is 0.579. The fourth-order valence-electron chi connectivity index (χ4n) is 1.79. The van der Waals surface area contributed by atoms with Crippen molar-refractivity contribution in [2.24, 2.45) is 4.99 Å². The third-order valence-corrected chi connectivity index (χ3v) is 3.24. The first-order chi connectivity index (χ1) is 11.6. The zero-order valence-corrected chi connectivity index (χ0v) is 14.4. The maximum atomic E-state index is 12.3. The van der Waals surface area contributed by atoms with Crippen molar-refractivity contribution >= 4 is 35.4 Å². The molecule has 0 saturated heterocycles. The van der Waals surface area contributed by atoms with Gasteiger partial charge in [0.2, 0.25) is 0 Å². The largest absolute Gasteiger partial charge is 0.573 e. The number of ether oxygens (including phenoxy) is 1. The summed E-state index contributed by atoms with van der Waals surface area (Å²) in [7, 11) is 3.47. The summed E-state index contributed by atoms with van der Waals surface area (Å²) in [5, 5.41) is 12.7. The van der Waals surface area contributed by atoms with Crippen LogP contribution >= 0.6 is 23.2 Å². The Kier molecular flexibility index (Phi) is 5.45. The van der Waals surface area contributed by atoms with Crippen molar-refractivity contribution in [2.75, 3.05) is 14.1 Å². The third kappa shape index (κ3) is 4.78. The molecule has 25 heavy (non-hydrogen) atoms. The number of nitriles is 1. The molecular formula is C14H10Cl2F3N5O. The van der Waals surface area contributed by atoms with Crippen LogP contribution in [0.2, 0.25) is 10.0 Å². The maximum Gasteiger partial charge on any atom is 0.573 e. The van der Waals surface area contributed by atoms with Crippen LogP contribution in [0.5, 0.6) is 5.75 Å². The molecule has 0 bridgehead atoms. The highest BCUT2D eigenvalue weighted by molar-refractivity contribution is 6.38. The fourth-order valence-corrected chi connectivity index (χ4v) is 2.42. The van der Waals surface area contributed by atoms with Gasteiger partial charge in [0.05, 0.1) is 16.4 Å². The molecule has 11 heteroatoms. The second-order valence-electron chi connectivity index (χ2n) is 4.90. The standard InChI is InChI=1S/C14H10Cl2F3N5O/c1-23(2)7-21-12-3-8(6-20)22-24(12)13-10(15)4-9(5-11(13)16)25-14(17,18)19/h3-5,7H,1-2H3. The van der Waals surface area contributed by atoms with E-state index in [1.54, 1.807) is 19.0 Å². The van der Waals surface area contributed by atoms with Crippen LogP contribution in [0.1, 0.15) is 5.69 Å². The van der Waals surface area contributed by atoms with E-state index < -0.39 is 12.1 Å². The Morgan fingerprint density at radius 3 is 2.36 bits per heavy atom. The lowest BCUT2D eigenvalue weighted by Gasteiger charge is -2.13. The molecule has 2 rings (SSSR count). The molecule has 1 aromatic carbocycles. The predicted octanol–water partition coefficient (Wildman–Crippen LogP) is 4.17. The maximum absolute atomic E-state index is 12.3. The van der Waals surface area contributed by atoms with Gasteiger partial charge in [0, 0.05) is 32.3 Å². The molecular weight excluding hydrogens is 382 g/mol. The van der Waals surface area contributed by atoms with Gasteiger partial charge in [-0.05, 0) is 0 Å². The number of alkyl halides is 3. The minimum absolute atomic E-state index is 0.0358. The first-order valence-electron chi connectivity index (χ1n) is 6.56. The first-order valence-corrected chi connectivity index (χ1v) is 7.32. The molecule has 0 aliphatic carbocycles. The van der Waals surface area contributed by atoms with E-state index in [-0.39, 0.29) is 27.2 Å². The van der Waals surface area contributed by atoms with Gasteiger partial charge in [-0.15, -0.1) is 13.2 Å². The van der Waals surface area contributed by atoms with Crippen molar-refractivity contribution in [2.45, 2.75) is 6.36 Å². The van der Waals surface area contributed by atoms with E-state index in [4.69, 9.17) is 28.5 Å². The van der Waals surface area contributed by atoms with Crippen molar-refractivity contribution in [3.8, 4) is 17.5 Å². The Morgan fingerprint density at radius 1 is 1.28 bits per heavy atom. The molecule has 0 N–H and O–H groups in total. The molecule has 132 valence electrons. The summed E-state index contributed by atoms with van der Waals surface area (Å²) in [6.07, 6.45) is -3.42. The number of hydrogen-bond donors (Lipinski definition) is 0. The van der Waals surface area contributed by atoms with Crippen LogP contribution in [0.3, 0.4) is 0 Å². The molecule has 6 nitrogen and oxygen atoms in total. The molecule has 0 atom stereocenters. The van der Waals surface area contributed by atoms with Gasteiger partial charge in [0.15, 0.2) is 11.5 Å². The van der Waals surface area contributed by atoms with Gasteiger partial charge in [-0.2, -0.15) is 10.4 Å². The topological polar surface area (TPSA) is 66.4 Å². The van der Waals surface area contributed by atoms with Gasteiger partial charge in [0.25, 0.3) is 0 Å². The number of nitrogens with zero attached hydrogens (tertiary/aromatic N) is 5. The van der Waals surface area contributed by atoms with Gasteiger partial charge in [-0.25, -0.2) is 9.67 Å². The highest BCUT2D eigenvalue weighted by Gasteiger charge is 2.32. The molecule has 0 radical (unpaired) electrons. The van der Waals surface area contributed by atoms with Crippen molar-refractivity contribution in [1.29, 1.82) is 5.26 Å². The molecule has 0 unspecified atom stereocenters. The summed E-state index contributed by atoms with van der Waals surface area (Å²) < 4.78 is 42.0. The Balaban J connectivity index is 2.55. The van der Waals surface area contributed by atoms with Gasteiger partial charge >= 0.3 is 6.36 Å². The van der Waals surface area contributed by atoms with Crippen molar-refractivity contribution in [3.05, 3.63) is 33.9 Å². The minimum Gasteiger partial charge on any atom is -0.406 e. The van der Waals surface area contributed by atoms with Crippen LogP contribution < -0.4 is 4.74 Å². The van der Waals surface area contributed by atoms with Crippen molar-refractivity contribution in [1.82, 2.24) is 14.7 Å². The van der Waals surface area contributed by atoms with Crippen LogP contribution in [0, 0.1) is 11.3 Å². The van der Waals surface area contributed by atoms with Gasteiger partial charge in [0.1, 0.15) is 17.5 Å². The number of hydrogen-bond acceptors (Lipinski definition) is 4. The molecule has 0 amide bonds. The van der Waals surface area contributed by atoms with Gasteiger partial charge in [-0.3, -0.25) is 0 Å². The summed E-state index contributed by atoms with van der Waals surface area (Å²) in [5.41, 5.74) is 0.110. The van der Waals surface area contributed by atoms with Gasteiger partial charge < -0.3 is 9.64 Å². The lowest BCUT2D eigenvalue weighted by molar-refractivity contribution is -0.274. The zero-order valence-electron chi connectivity index (χ0n) is 12.8. The summed E-state index contributed by atoms with van der Waals surface area (Å²) in [4.78, 5) is 5.78. The molecule has 1 aromatic heterocycles. The Bertz CT molecular complexity index is 832. The molecule has 0 fully saturated rings. The summed E-state index contributed by atoms with van der Waals surface area (Å²) >= 11 is 12.1. The summed E-state index contributed by atoms with van der Waals surface area (Å²) in [5.74, 6) is -0.351. The highest BCUT2D eigenvalue weighted by Crippen LogP contribution is 2.37. The number of halogens is 5. The molecule has 0 aliphatic rings. The van der Waals surface area contributed by atoms with E-state index in [1.807, 2.05) is 6.07 Å². The average Bonchev–Trinajstić information content (AvgIpc) is 2.85. The Morgan fingerprint density at radius 2 is 1.88 bits per heavy atom. The summed E-state index contributed by atoms with van der Waals surface area (Å²) in [6.45, 7) is 0. The number of aliphatic imine (C=N–C) groups is 1. The molecule has 0 spiro atoms. The van der Waals surface area contributed by atoms with E-state index in [2.05, 4.69) is 14.8 Å². The van der Waals surface area contributed by atoms with Crippen LogP contribution in [0.4, 0.5) is 19.0 Å². The predicted molar refractivity (Wildman–Crippen MR) is 86.8 cm³/mol. The number of aromatic nitrogens is 2. The van der Waals surface area contributed by atoms with Crippen LogP contribution in [0.15, 0.2) is 23.2 Å². The van der Waals surface area contributed by atoms with E-state index in [1.165, 1.54) is 17.1 Å². The molecule has 0 saturated carbocycles. The van der Waals surface area contributed by atoms with Crippen molar-refractivity contribution < 1.29 is 17.9 Å². The second-order valence-corrected chi connectivity index (χ2v) is 5.72. The Labute approximate surface area is 150 Å². The summed E-state index contributed by atoms with van der Waals surface area (Å²) in [6, 6.07) is 5.12. The third-order valence-electron chi connectivity index (χ3n) is 2.66. The van der Waals surface area contributed by atoms with Crippen LogP contribution in [-0.4, -0.2) is 41.5 Å². The average molecular weight is 392 g/mol. The zero-order chi connectivity index (χ0) is 18.8. The lowest BCUT2D eigenvalue weighted by atomic mass is 10.3. The van der Waals surface area contributed by atoms with E-state index in [0.29, 0.717) is 0 Å². The lowest BCUT2D eigenvalue weighted by Crippen LogP contribution is -2.17. The van der Waals surface area contributed by atoms with Gasteiger partial charge in [-0.1, -0.05) is 23.2 Å². The number of benzene rings is 1. The molecule has 1 heterocycles. The fraction of sp³-hybridized carbons (Fsp3) is 0.214. The SMILES string of the molecule is CN(C)C=Nc1cc(C#N)nn1-c1c(Cl)cc(OC(F)(F)F)cc1Cl. The minimum atomic E-state index is -4.88. The smallest absolute Gasteiger partial charge is 0.406 e. The van der Waals surface area contributed by atoms with E-state index >= 15 is 0 Å². The second kappa shape index (κ2) is 7.21. The highest BCUT2D eigenvalue weighted by atomic mass is 35.5. The monoisotopic (exact) mass is 391 g/mol. The normalized spacial score (nSPS) is 11.6. The van der Waals surface area contributed by atoms with Crippen LogP contribution in [-0.2, 0) is 0 Å². The van der Waals surface area contributed by atoms with Crippen LogP contribution in [0.25, 0.3) is 5.69 Å². The van der Waals surface area contributed by atoms with E-state index in [9.17, 15) is 13.2 Å². The first kappa shape index (κ1) is 18.9. The Hall–Kier alpha value is -2.44. The number of rotatable bonds is 4. The molecule has 2 aromatic rings. The molecule has 0 aliphatic heterocycles. The van der Waals surface area contributed by atoms with Crippen molar-refractivity contribution in [3.63, 3.8) is 0 Å².